The van der Waals surface area contributed by atoms with E-state index in [0.717, 1.165) is 55.1 Å². The van der Waals surface area contributed by atoms with E-state index in [-0.39, 0.29) is 7.43 Å². The number of aldehydes is 1. The third-order valence-electron chi connectivity index (χ3n) is 5.74. The molecule has 0 saturated heterocycles. The van der Waals surface area contributed by atoms with Crippen LogP contribution in [0.25, 0.3) is 43.6 Å². The molecule has 0 spiro atoms. The molecule has 0 radical (unpaired) electrons. The Bertz CT molecular complexity index is 1830. The summed E-state index contributed by atoms with van der Waals surface area (Å²) in [7, 11) is 0. The second-order valence-electron chi connectivity index (χ2n) is 7.97. The molecule has 6 rings (SSSR count). The molecule has 0 aliphatic rings. The summed E-state index contributed by atoms with van der Waals surface area (Å²) in [4.78, 5) is 31.1. The van der Waals surface area contributed by atoms with E-state index in [1.165, 1.54) is 10.3 Å². The zero-order chi connectivity index (χ0) is 27.1. The fourth-order valence-corrected chi connectivity index (χ4v) is 5.43. The molecule has 0 amide bonds. The molecular weight excluding hydrogens is 595 g/mol. The molecule has 10 heteroatoms. The van der Waals surface area contributed by atoms with Crippen LogP contribution in [0, 0.1) is 6.92 Å². The van der Waals surface area contributed by atoms with E-state index in [1.54, 1.807) is 29.7 Å². The first-order chi connectivity index (χ1) is 18.5. The molecule has 39 heavy (non-hydrogen) atoms. The molecule has 7 nitrogen and oxygen atoms in total. The molecule has 0 saturated carbocycles. The summed E-state index contributed by atoms with van der Waals surface area (Å²) in [5, 5.41) is 4.41. The normalized spacial score (nSPS) is 10.2. The van der Waals surface area contributed by atoms with Crippen molar-refractivity contribution in [2.75, 3.05) is 12.5 Å². The monoisotopic (exact) mass is 622 g/mol. The molecule has 0 fully saturated rings. The van der Waals surface area contributed by atoms with Crippen LogP contribution in [0.1, 0.15) is 23.6 Å². The topological polar surface area (TPSA) is 103 Å². The van der Waals surface area contributed by atoms with Gasteiger partial charge in [-0.25, -0.2) is 4.98 Å². The predicted molar refractivity (Wildman–Crippen MR) is 162 cm³/mol. The third kappa shape index (κ3) is 6.59. The van der Waals surface area contributed by atoms with Gasteiger partial charge in [0.25, 0.3) is 0 Å². The van der Waals surface area contributed by atoms with Crippen LogP contribution in [-0.2, 0) is 7.67 Å². The Morgan fingerprint density at radius 2 is 1.21 bits per heavy atom. The summed E-state index contributed by atoms with van der Waals surface area (Å²) in [6.07, 6.45) is 8.43. The summed E-state index contributed by atoms with van der Waals surface area (Å²) in [6.45, 7) is 2.03. The average molecular weight is 622 g/mol. The molecule has 2 aromatic carbocycles. The van der Waals surface area contributed by atoms with Gasteiger partial charge in [0.05, 0.1) is 22.1 Å². The van der Waals surface area contributed by atoms with Gasteiger partial charge in [-0.1, -0.05) is 43.8 Å². The van der Waals surface area contributed by atoms with E-state index in [2.05, 4.69) is 50.5 Å². The van der Waals surface area contributed by atoms with E-state index < -0.39 is 14.8 Å². The second-order valence-corrected chi connectivity index (χ2v) is 9.96. The standard InChI is InChI=1S/C14H10N2OS.C14H12N2S.CH4.O2Se/c1-18-12-7-10(8-17)16-14-11(12)5-4-9-3-2-6-15-13(9)14;1-9-8-12(17-2)11-6-5-10-4-3-7-15-13(10)14(11)16-9;;1-3-2/h2-8H,1H3;3-8H,1-2H3;1H4;. The van der Waals surface area contributed by atoms with Crippen LogP contribution in [0.5, 0.6) is 0 Å². The van der Waals surface area contributed by atoms with Gasteiger partial charge in [0.15, 0.2) is 6.29 Å². The van der Waals surface area contributed by atoms with Crippen molar-refractivity contribution in [3.8, 4) is 0 Å². The van der Waals surface area contributed by atoms with E-state index in [9.17, 15) is 4.79 Å². The Morgan fingerprint density at radius 3 is 1.69 bits per heavy atom. The molecule has 0 unspecified atom stereocenters. The van der Waals surface area contributed by atoms with Crippen molar-refractivity contribution >= 4 is 88.2 Å². The summed E-state index contributed by atoms with van der Waals surface area (Å²) in [6, 6.07) is 20.2. The number of hydrogen-bond donors (Lipinski definition) is 0. The Hall–Kier alpha value is -3.43. The maximum absolute atomic E-state index is 11.0. The van der Waals surface area contributed by atoms with Crippen LogP contribution in [0.15, 0.2) is 82.8 Å². The molecule has 0 bridgehead atoms. The number of fused-ring (bicyclic) bond motifs is 6. The number of benzene rings is 2. The number of nitrogens with zero attached hydrogens (tertiary/aromatic N) is 4. The van der Waals surface area contributed by atoms with Gasteiger partial charge in [-0.15, -0.1) is 23.5 Å². The van der Waals surface area contributed by atoms with E-state index in [1.807, 2.05) is 55.8 Å². The Kier molecular flexibility index (Phi) is 10.9. The van der Waals surface area contributed by atoms with Crippen molar-refractivity contribution in [2.45, 2.75) is 24.1 Å². The molecule has 0 aliphatic carbocycles. The Morgan fingerprint density at radius 1 is 0.718 bits per heavy atom. The van der Waals surface area contributed by atoms with Gasteiger partial charge in [0.2, 0.25) is 0 Å². The van der Waals surface area contributed by atoms with Gasteiger partial charge < -0.3 is 0 Å². The molecular formula is C29H26N4O3S2Se. The van der Waals surface area contributed by atoms with Gasteiger partial charge >= 0.3 is 22.5 Å². The summed E-state index contributed by atoms with van der Waals surface area (Å²) in [5.41, 5.74) is 5.12. The van der Waals surface area contributed by atoms with Crippen molar-refractivity contribution < 1.29 is 12.5 Å². The van der Waals surface area contributed by atoms with Crippen molar-refractivity contribution in [2.24, 2.45) is 0 Å². The first-order valence-electron chi connectivity index (χ1n) is 11.3. The van der Waals surface area contributed by atoms with Crippen LogP contribution in [-0.4, -0.2) is 53.6 Å². The summed E-state index contributed by atoms with van der Waals surface area (Å²) < 4.78 is 16.9. The van der Waals surface area contributed by atoms with Crippen molar-refractivity contribution in [3.63, 3.8) is 0 Å². The minimum atomic E-state index is -1.62. The van der Waals surface area contributed by atoms with Crippen molar-refractivity contribution in [3.05, 3.63) is 84.4 Å². The van der Waals surface area contributed by atoms with E-state index >= 15 is 0 Å². The van der Waals surface area contributed by atoms with Crippen LogP contribution in [0.3, 0.4) is 0 Å². The number of rotatable bonds is 3. The Balaban J connectivity index is 0.000000192. The molecule has 0 N–H and O–H groups in total. The molecule has 0 atom stereocenters. The number of aromatic nitrogens is 4. The zero-order valence-corrected chi connectivity index (χ0v) is 24.1. The number of pyridine rings is 4. The van der Waals surface area contributed by atoms with Crippen molar-refractivity contribution in [1.82, 2.24) is 19.9 Å². The number of thioether (sulfide) groups is 2. The quantitative estimate of drug-likeness (QED) is 0.0882. The van der Waals surface area contributed by atoms with Crippen LogP contribution in [0.2, 0.25) is 0 Å². The predicted octanol–water partition coefficient (Wildman–Crippen LogP) is 7.15. The average Bonchev–Trinajstić information content (AvgIpc) is 2.96. The zero-order valence-electron chi connectivity index (χ0n) is 20.7. The number of carbonyl (C=O) groups is 1. The fraction of sp³-hybridized carbons (Fsp3) is 0.138. The Labute approximate surface area is 240 Å². The van der Waals surface area contributed by atoms with Crippen LogP contribution in [0.4, 0.5) is 0 Å². The second kappa shape index (κ2) is 14.1. The van der Waals surface area contributed by atoms with E-state index in [0.29, 0.717) is 5.69 Å². The molecule has 0 aliphatic heterocycles. The summed E-state index contributed by atoms with van der Waals surface area (Å²) >= 11 is 1.74. The van der Waals surface area contributed by atoms with Gasteiger partial charge in [-0.2, -0.15) is 0 Å². The van der Waals surface area contributed by atoms with Crippen molar-refractivity contribution in [1.29, 1.82) is 0 Å². The molecule has 198 valence electrons. The fourth-order valence-electron chi connectivity index (χ4n) is 4.13. The van der Waals surface area contributed by atoms with Gasteiger partial charge in [0, 0.05) is 49.4 Å². The minimum absolute atomic E-state index is 0. The maximum atomic E-state index is 11.0. The number of aryl methyl sites for hydroxylation is 1. The van der Waals surface area contributed by atoms with Crippen LogP contribution >= 0.6 is 23.5 Å². The third-order valence-corrected chi connectivity index (χ3v) is 7.29. The molecule has 4 aromatic heterocycles. The molecule has 6 aromatic rings. The molecule has 4 heterocycles. The van der Waals surface area contributed by atoms with Gasteiger partial charge in [-0.3, -0.25) is 19.7 Å². The number of hydrogen-bond acceptors (Lipinski definition) is 9. The van der Waals surface area contributed by atoms with Gasteiger partial charge in [-0.05, 0) is 43.7 Å². The first kappa shape index (κ1) is 30.1. The van der Waals surface area contributed by atoms with E-state index in [4.69, 9.17) is 7.67 Å². The van der Waals surface area contributed by atoms with Gasteiger partial charge in [0.1, 0.15) is 5.69 Å². The number of carbonyl (C=O) groups excluding carboxylic acids is 1. The summed E-state index contributed by atoms with van der Waals surface area (Å²) in [5.74, 6) is 0. The first-order valence-corrected chi connectivity index (χ1v) is 15.2. The SMILES string of the molecule is C.CSc1cc(C)nc2c1ccc1cccnc12.CSc1cc(C=O)nc2c1ccc1cccnc12.O=[Se]=O. The van der Waals surface area contributed by atoms with Crippen LogP contribution < -0.4 is 0 Å².